The topological polar surface area (TPSA) is 49.4 Å². The SMILES string of the molecule is CCCC1CN(C(=O)c2ccc3c(c2)CCC3)CC1NC(C)=O. The summed E-state index contributed by atoms with van der Waals surface area (Å²) >= 11 is 0. The largest absolute Gasteiger partial charge is 0.351 e. The molecule has 1 aromatic carbocycles. The van der Waals surface area contributed by atoms with E-state index in [4.69, 9.17) is 0 Å². The minimum atomic E-state index is -0.0112. The van der Waals surface area contributed by atoms with Gasteiger partial charge in [0.05, 0.1) is 6.04 Å². The van der Waals surface area contributed by atoms with Crippen molar-refractivity contribution in [2.24, 2.45) is 5.92 Å². The van der Waals surface area contributed by atoms with Gasteiger partial charge in [-0.2, -0.15) is 0 Å². The molecule has 0 radical (unpaired) electrons. The van der Waals surface area contributed by atoms with Crippen LogP contribution in [0.5, 0.6) is 0 Å². The molecule has 1 saturated heterocycles. The third-order valence-electron chi connectivity index (χ3n) is 5.12. The summed E-state index contributed by atoms with van der Waals surface area (Å²) in [7, 11) is 0. The highest BCUT2D eigenvalue weighted by Crippen LogP contribution is 2.26. The Morgan fingerprint density at radius 3 is 2.74 bits per heavy atom. The molecule has 1 aliphatic heterocycles. The highest BCUT2D eigenvalue weighted by Gasteiger charge is 2.35. The summed E-state index contributed by atoms with van der Waals surface area (Å²) in [5, 5.41) is 3.02. The lowest BCUT2D eigenvalue weighted by Gasteiger charge is -2.17. The number of rotatable bonds is 4. The zero-order chi connectivity index (χ0) is 16.4. The number of likely N-dealkylation sites (tertiary alicyclic amines) is 1. The van der Waals surface area contributed by atoms with E-state index >= 15 is 0 Å². The standard InChI is InChI=1S/C19H26N2O2/c1-3-5-17-11-21(12-18(17)20-13(2)22)19(23)16-9-8-14-6-4-7-15(14)10-16/h8-10,17-18H,3-7,11-12H2,1-2H3,(H,20,22). The summed E-state index contributed by atoms with van der Waals surface area (Å²) < 4.78 is 0. The van der Waals surface area contributed by atoms with Gasteiger partial charge >= 0.3 is 0 Å². The number of hydrogen-bond donors (Lipinski definition) is 1. The van der Waals surface area contributed by atoms with Crippen LogP contribution < -0.4 is 5.32 Å². The van der Waals surface area contributed by atoms with Gasteiger partial charge in [-0.1, -0.05) is 19.4 Å². The molecule has 23 heavy (non-hydrogen) atoms. The van der Waals surface area contributed by atoms with Crippen molar-refractivity contribution >= 4 is 11.8 Å². The fourth-order valence-corrected chi connectivity index (χ4v) is 4.01. The highest BCUT2D eigenvalue weighted by molar-refractivity contribution is 5.95. The van der Waals surface area contributed by atoms with Crippen molar-refractivity contribution in [1.29, 1.82) is 0 Å². The number of carbonyl (C=O) groups is 2. The van der Waals surface area contributed by atoms with Gasteiger partial charge in [-0.05, 0) is 54.9 Å². The third kappa shape index (κ3) is 3.41. The molecule has 124 valence electrons. The number of aryl methyl sites for hydroxylation is 2. The normalized spacial score (nSPS) is 23.0. The van der Waals surface area contributed by atoms with E-state index in [1.165, 1.54) is 17.5 Å². The minimum Gasteiger partial charge on any atom is -0.351 e. The average Bonchev–Trinajstić information content (AvgIpc) is 3.13. The molecule has 2 aliphatic rings. The maximum Gasteiger partial charge on any atom is 0.253 e. The Bertz CT molecular complexity index is 611. The van der Waals surface area contributed by atoms with Gasteiger partial charge in [0, 0.05) is 25.6 Å². The number of benzene rings is 1. The van der Waals surface area contributed by atoms with Crippen LogP contribution in [0.1, 0.15) is 54.6 Å². The number of hydrogen-bond acceptors (Lipinski definition) is 2. The molecule has 1 aliphatic carbocycles. The predicted molar refractivity (Wildman–Crippen MR) is 90.4 cm³/mol. The molecular weight excluding hydrogens is 288 g/mol. The summed E-state index contributed by atoms with van der Waals surface area (Å²) in [5.74, 6) is 0.457. The van der Waals surface area contributed by atoms with Crippen LogP contribution in [0.3, 0.4) is 0 Å². The fourth-order valence-electron chi connectivity index (χ4n) is 4.01. The third-order valence-corrected chi connectivity index (χ3v) is 5.12. The van der Waals surface area contributed by atoms with E-state index in [-0.39, 0.29) is 17.9 Å². The first-order chi connectivity index (χ1) is 11.1. The first-order valence-electron chi connectivity index (χ1n) is 8.76. The van der Waals surface area contributed by atoms with Gasteiger partial charge in [0.15, 0.2) is 0 Å². The van der Waals surface area contributed by atoms with Gasteiger partial charge < -0.3 is 10.2 Å². The van der Waals surface area contributed by atoms with E-state index < -0.39 is 0 Å². The van der Waals surface area contributed by atoms with Crippen molar-refractivity contribution in [2.45, 2.75) is 52.0 Å². The highest BCUT2D eigenvalue weighted by atomic mass is 16.2. The van der Waals surface area contributed by atoms with Crippen LogP contribution in [0, 0.1) is 5.92 Å². The molecule has 1 heterocycles. The molecule has 2 unspecified atom stereocenters. The molecule has 0 saturated carbocycles. The zero-order valence-electron chi connectivity index (χ0n) is 14.1. The van der Waals surface area contributed by atoms with Gasteiger partial charge in [-0.3, -0.25) is 9.59 Å². The first kappa shape index (κ1) is 16.0. The molecule has 2 atom stereocenters. The summed E-state index contributed by atoms with van der Waals surface area (Å²) in [6.45, 7) is 5.07. The van der Waals surface area contributed by atoms with Crippen LogP contribution in [0.4, 0.5) is 0 Å². The van der Waals surface area contributed by atoms with Crippen molar-refractivity contribution in [3.05, 3.63) is 34.9 Å². The van der Waals surface area contributed by atoms with Gasteiger partial charge in [-0.15, -0.1) is 0 Å². The summed E-state index contributed by atoms with van der Waals surface area (Å²) in [6, 6.07) is 6.24. The quantitative estimate of drug-likeness (QED) is 0.928. The van der Waals surface area contributed by atoms with Crippen molar-refractivity contribution in [3.8, 4) is 0 Å². The Hall–Kier alpha value is -1.84. The van der Waals surface area contributed by atoms with Crippen molar-refractivity contribution in [2.75, 3.05) is 13.1 Å². The van der Waals surface area contributed by atoms with Gasteiger partial charge in [-0.25, -0.2) is 0 Å². The smallest absolute Gasteiger partial charge is 0.253 e. The van der Waals surface area contributed by atoms with E-state index in [9.17, 15) is 9.59 Å². The van der Waals surface area contributed by atoms with Crippen LogP contribution in [-0.4, -0.2) is 35.8 Å². The van der Waals surface area contributed by atoms with Gasteiger partial charge in [0.1, 0.15) is 0 Å². The van der Waals surface area contributed by atoms with Crippen molar-refractivity contribution in [1.82, 2.24) is 10.2 Å². The monoisotopic (exact) mass is 314 g/mol. The minimum absolute atomic E-state index is 0.0112. The number of carbonyl (C=O) groups excluding carboxylic acids is 2. The molecule has 2 amide bonds. The van der Waals surface area contributed by atoms with Crippen LogP contribution in [-0.2, 0) is 17.6 Å². The predicted octanol–water partition coefficient (Wildman–Crippen LogP) is 2.55. The fraction of sp³-hybridized carbons (Fsp3) is 0.579. The Morgan fingerprint density at radius 2 is 2.00 bits per heavy atom. The van der Waals surface area contributed by atoms with Crippen LogP contribution in [0.15, 0.2) is 18.2 Å². The van der Waals surface area contributed by atoms with Crippen LogP contribution in [0.2, 0.25) is 0 Å². The zero-order valence-corrected chi connectivity index (χ0v) is 14.1. The molecule has 4 nitrogen and oxygen atoms in total. The second kappa shape index (κ2) is 6.73. The Balaban J connectivity index is 1.73. The van der Waals surface area contributed by atoms with Crippen molar-refractivity contribution < 1.29 is 9.59 Å². The Labute approximate surface area is 138 Å². The number of fused-ring (bicyclic) bond motifs is 1. The molecule has 1 N–H and O–H groups in total. The van der Waals surface area contributed by atoms with Gasteiger partial charge in [0.2, 0.25) is 5.91 Å². The summed E-state index contributed by atoms with van der Waals surface area (Å²) in [4.78, 5) is 26.2. The van der Waals surface area contributed by atoms with Gasteiger partial charge in [0.25, 0.3) is 5.91 Å². The van der Waals surface area contributed by atoms with Crippen LogP contribution in [0.25, 0.3) is 0 Å². The van der Waals surface area contributed by atoms with E-state index in [2.05, 4.69) is 24.4 Å². The lowest BCUT2D eigenvalue weighted by Crippen LogP contribution is -2.39. The average molecular weight is 314 g/mol. The summed E-state index contributed by atoms with van der Waals surface area (Å²) in [6.07, 6.45) is 5.53. The summed E-state index contributed by atoms with van der Waals surface area (Å²) in [5.41, 5.74) is 3.52. The first-order valence-corrected chi connectivity index (χ1v) is 8.76. The molecule has 1 aromatic rings. The second-order valence-corrected chi connectivity index (χ2v) is 6.90. The van der Waals surface area contributed by atoms with Crippen molar-refractivity contribution in [3.63, 3.8) is 0 Å². The molecule has 1 fully saturated rings. The Kier molecular flexibility index (Phi) is 4.69. The molecule has 0 bridgehead atoms. The van der Waals surface area contributed by atoms with E-state index in [1.54, 1.807) is 6.92 Å². The molecule has 4 heteroatoms. The second-order valence-electron chi connectivity index (χ2n) is 6.90. The van der Waals surface area contributed by atoms with E-state index in [1.807, 2.05) is 11.0 Å². The van der Waals surface area contributed by atoms with E-state index in [0.717, 1.165) is 37.8 Å². The molecule has 3 rings (SSSR count). The molecule has 0 spiro atoms. The lowest BCUT2D eigenvalue weighted by atomic mass is 9.98. The lowest BCUT2D eigenvalue weighted by molar-refractivity contribution is -0.119. The molecule has 0 aromatic heterocycles. The van der Waals surface area contributed by atoms with Crippen LogP contribution >= 0.6 is 0 Å². The number of nitrogens with zero attached hydrogens (tertiary/aromatic N) is 1. The maximum atomic E-state index is 12.8. The number of amides is 2. The van der Waals surface area contributed by atoms with E-state index in [0.29, 0.717) is 12.5 Å². The number of nitrogens with one attached hydrogen (secondary N) is 1. The maximum absolute atomic E-state index is 12.8. The Morgan fingerprint density at radius 1 is 1.22 bits per heavy atom. The molecular formula is C19H26N2O2.